The number of hydrogen-bond donors (Lipinski definition) is 7. The van der Waals surface area contributed by atoms with Crippen molar-refractivity contribution in [2.75, 3.05) is 0 Å². The molecule has 210 valence electrons. The molecule has 8 atom stereocenters. The molecule has 0 aromatic heterocycles. The molecule has 0 saturated heterocycles. The minimum absolute atomic E-state index is 0.137. The number of phosphoric ester groups is 1. The molecule has 7 N–H and O–H groups in total. The molecule has 14 heteroatoms. The second-order valence-electron chi connectivity index (χ2n) is 8.31. The van der Waals surface area contributed by atoms with Crippen molar-refractivity contribution in [2.24, 2.45) is 0 Å². The van der Waals surface area contributed by atoms with E-state index in [4.69, 9.17) is 9.47 Å². The number of rotatable bonds is 17. The first kappa shape index (κ1) is 31.8. The smallest absolute Gasteiger partial charge is 0.387 e. The predicted octanol–water partition coefficient (Wildman–Crippen LogP) is -1.16. The topological polar surface area (TPSA) is 221 Å². The molecule has 0 aliphatic heterocycles. The average molecular weight is 558 g/mol. The fourth-order valence-electron chi connectivity index (χ4n) is 3.48. The summed E-state index contributed by atoms with van der Waals surface area (Å²) < 4.78 is 27.4. The summed E-state index contributed by atoms with van der Waals surface area (Å²) in [6.45, 7) is -0.364. The Bertz CT molecular complexity index is 1020. The summed E-state index contributed by atoms with van der Waals surface area (Å²) in [7, 11) is -5.48. The lowest BCUT2D eigenvalue weighted by Crippen LogP contribution is -2.57. The summed E-state index contributed by atoms with van der Waals surface area (Å²) >= 11 is 0. The maximum atomic E-state index is 12.0. The van der Waals surface area contributed by atoms with Crippen LogP contribution in [0.2, 0.25) is 0 Å². The van der Waals surface area contributed by atoms with E-state index in [1.54, 1.807) is 60.7 Å². The van der Waals surface area contributed by atoms with Crippen LogP contribution in [0.25, 0.3) is 0 Å². The van der Waals surface area contributed by atoms with Gasteiger partial charge in [-0.25, -0.2) is 4.57 Å². The van der Waals surface area contributed by atoms with Crippen LogP contribution in [0.5, 0.6) is 0 Å². The number of aliphatic hydroxyl groups is 5. The number of aldehydes is 2. The van der Waals surface area contributed by atoms with E-state index >= 15 is 0 Å². The number of phosphoric acid groups is 1. The summed E-state index contributed by atoms with van der Waals surface area (Å²) in [6.07, 6.45) is -17.3. The lowest BCUT2D eigenvalue weighted by molar-refractivity contribution is -0.190. The minimum atomic E-state index is -5.48. The van der Waals surface area contributed by atoms with Gasteiger partial charge in [-0.1, -0.05) is 60.7 Å². The van der Waals surface area contributed by atoms with E-state index in [0.29, 0.717) is 11.1 Å². The number of carbonyl (C=O) groups excluding carboxylic acids is 2. The van der Waals surface area contributed by atoms with Gasteiger partial charge in [0.25, 0.3) is 0 Å². The van der Waals surface area contributed by atoms with Crippen LogP contribution in [0.3, 0.4) is 0 Å². The van der Waals surface area contributed by atoms with Crippen LogP contribution in [0, 0.1) is 0 Å². The van der Waals surface area contributed by atoms with Gasteiger partial charge in [-0.15, -0.1) is 0 Å². The molecular weight excluding hydrogens is 527 g/mol. The van der Waals surface area contributed by atoms with Crippen molar-refractivity contribution in [3.63, 3.8) is 0 Å². The van der Waals surface area contributed by atoms with Gasteiger partial charge in [0.2, 0.25) is 0 Å². The molecule has 0 heterocycles. The van der Waals surface area contributed by atoms with Crippen molar-refractivity contribution in [1.82, 2.24) is 0 Å². The molecule has 38 heavy (non-hydrogen) atoms. The first-order valence-corrected chi connectivity index (χ1v) is 12.9. The van der Waals surface area contributed by atoms with E-state index in [2.05, 4.69) is 4.52 Å². The highest BCUT2D eigenvalue weighted by Crippen LogP contribution is 2.40. The zero-order chi connectivity index (χ0) is 28.3. The molecule has 0 fully saturated rings. The molecule has 2 rings (SSSR count). The first-order valence-electron chi connectivity index (χ1n) is 11.3. The predicted molar refractivity (Wildman–Crippen MR) is 129 cm³/mol. The number of aliphatic hydroxyl groups excluding tert-OH is 5. The molecule has 2 aromatic rings. The van der Waals surface area contributed by atoms with Crippen molar-refractivity contribution in [3.8, 4) is 0 Å². The normalized spacial score (nSPS) is 18.4. The lowest BCUT2D eigenvalue weighted by Gasteiger charge is -2.37. The van der Waals surface area contributed by atoms with Gasteiger partial charge in [-0.3, -0.25) is 4.52 Å². The monoisotopic (exact) mass is 558 g/mol. The van der Waals surface area contributed by atoms with Crippen LogP contribution < -0.4 is 0 Å². The van der Waals surface area contributed by atoms with Gasteiger partial charge in [0.05, 0.1) is 13.2 Å². The summed E-state index contributed by atoms with van der Waals surface area (Å²) in [5.41, 5.74) is 1.22. The van der Waals surface area contributed by atoms with E-state index < -0.39 is 56.7 Å². The summed E-state index contributed by atoms with van der Waals surface area (Å²) in [5, 5.41) is 51.3. The second-order valence-corrected chi connectivity index (χ2v) is 9.50. The number of benzene rings is 2. The zero-order valence-electron chi connectivity index (χ0n) is 20.0. The van der Waals surface area contributed by atoms with E-state index in [-0.39, 0.29) is 25.8 Å². The van der Waals surface area contributed by atoms with Gasteiger partial charge >= 0.3 is 7.82 Å². The Hall–Kier alpha value is -2.39. The molecule has 0 aliphatic rings. The van der Waals surface area contributed by atoms with Crippen LogP contribution in [0.15, 0.2) is 60.7 Å². The molecule has 0 unspecified atom stereocenters. The largest absolute Gasteiger partial charge is 0.470 e. The zero-order valence-corrected chi connectivity index (χ0v) is 20.9. The third kappa shape index (κ3) is 9.73. The highest BCUT2D eigenvalue weighted by Gasteiger charge is 2.46. The highest BCUT2D eigenvalue weighted by molar-refractivity contribution is 7.46. The molecule has 2 aromatic carbocycles. The maximum Gasteiger partial charge on any atom is 0.470 e. The van der Waals surface area contributed by atoms with Crippen molar-refractivity contribution >= 4 is 20.4 Å². The van der Waals surface area contributed by atoms with Crippen molar-refractivity contribution in [2.45, 2.75) is 62.0 Å². The van der Waals surface area contributed by atoms with E-state index in [0.717, 1.165) is 0 Å². The highest BCUT2D eigenvalue weighted by atomic mass is 31.2. The van der Waals surface area contributed by atoms with Crippen LogP contribution in [-0.2, 0) is 41.4 Å². The van der Waals surface area contributed by atoms with Gasteiger partial charge in [0.1, 0.15) is 48.8 Å². The molecule has 0 spiro atoms. The average Bonchev–Trinajstić information content (AvgIpc) is 2.92. The minimum Gasteiger partial charge on any atom is -0.387 e. The van der Waals surface area contributed by atoms with Crippen LogP contribution in [-0.4, -0.2) is 96.7 Å². The van der Waals surface area contributed by atoms with E-state index in [1.807, 2.05) is 0 Å². The number of carbonyl (C=O) groups is 2. The van der Waals surface area contributed by atoms with Crippen LogP contribution >= 0.6 is 7.82 Å². The van der Waals surface area contributed by atoms with Crippen molar-refractivity contribution in [1.29, 1.82) is 0 Å². The van der Waals surface area contributed by atoms with E-state index in [1.165, 1.54) is 0 Å². The summed E-state index contributed by atoms with van der Waals surface area (Å²) in [5.74, 6) is 0. The van der Waals surface area contributed by atoms with Crippen LogP contribution in [0.4, 0.5) is 0 Å². The van der Waals surface area contributed by atoms with Gasteiger partial charge < -0.3 is 54.4 Å². The molecule has 13 nitrogen and oxygen atoms in total. The fourth-order valence-corrected chi connectivity index (χ4v) is 4.05. The SMILES string of the molecule is O=C[C@@H](O)[C@@H](O)[C@H](O)[C@H](O)[C@@H](OP(=O)(O)O)[C@@H](O)[C@H](OCc1ccccc1)[C@H](C=O)OCc1ccccc1. The molecule has 0 radical (unpaired) electrons. The van der Waals surface area contributed by atoms with E-state index in [9.17, 15) is 49.5 Å². The number of ether oxygens (including phenoxy) is 2. The number of hydrogen-bond acceptors (Lipinski definition) is 11. The Labute approximate surface area is 218 Å². The van der Waals surface area contributed by atoms with Crippen molar-refractivity contribution in [3.05, 3.63) is 71.8 Å². The Balaban J connectivity index is 2.39. The summed E-state index contributed by atoms with van der Waals surface area (Å²) in [6, 6.07) is 17.0. The molecular formula is C24H31O13P. The van der Waals surface area contributed by atoms with Gasteiger partial charge in [-0.05, 0) is 11.1 Å². The van der Waals surface area contributed by atoms with Gasteiger partial charge in [0.15, 0.2) is 12.6 Å². The molecule has 0 bridgehead atoms. The second kappa shape index (κ2) is 15.3. The third-order valence-corrected chi connectivity index (χ3v) is 6.00. The third-order valence-electron chi connectivity index (χ3n) is 5.49. The standard InChI is InChI=1S/C24H31O13P/c25-11-17(27)19(28)20(29)21(30)24(37-38(32,33)34)22(31)23(36-14-16-9-5-2-6-10-16)18(12-26)35-13-15-7-3-1-4-8-15/h1-12,17-24,27-31H,13-14H2,(H2,32,33,34)/t17-,18+,19-,20+,21+,22+,23-,24-/m1/s1. The maximum absolute atomic E-state index is 12.0. The first-order chi connectivity index (χ1) is 18.0. The van der Waals surface area contributed by atoms with Gasteiger partial charge in [-0.2, -0.15) is 0 Å². The summed E-state index contributed by atoms with van der Waals surface area (Å²) in [4.78, 5) is 41.5. The fraction of sp³-hybridized carbons (Fsp3) is 0.417. The Morgan fingerprint density at radius 3 is 1.61 bits per heavy atom. The Morgan fingerprint density at radius 1 is 0.658 bits per heavy atom. The molecule has 0 aliphatic carbocycles. The van der Waals surface area contributed by atoms with Gasteiger partial charge in [0, 0.05) is 0 Å². The quantitative estimate of drug-likeness (QED) is 0.0900. The molecule has 0 saturated carbocycles. The Kier molecular flexibility index (Phi) is 12.8. The lowest BCUT2D eigenvalue weighted by atomic mass is 9.93. The van der Waals surface area contributed by atoms with Crippen LogP contribution in [0.1, 0.15) is 11.1 Å². The Morgan fingerprint density at radius 2 is 1.16 bits per heavy atom. The van der Waals surface area contributed by atoms with Crippen molar-refractivity contribution < 1.29 is 63.5 Å². The molecule has 0 amide bonds.